The third-order valence-electron chi connectivity index (χ3n) is 3.38. The van der Waals surface area contributed by atoms with Gasteiger partial charge in [-0.25, -0.2) is 9.97 Å². The van der Waals surface area contributed by atoms with Gasteiger partial charge in [0.25, 0.3) is 0 Å². The van der Waals surface area contributed by atoms with E-state index in [1.54, 1.807) is 0 Å². The molecule has 0 spiro atoms. The summed E-state index contributed by atoms with van der Waals surface area (Å²) in [6.07, 6.45) is 2.41. The number of anilines is 1. The van der Waals surface area contributed by atoms with E-state index in [0.717, 1.165) is 18.2 Å². The lowest BCUT2D eigenvalue weighted by atomic mass is 10.0. The quantitative estimate of drug-likeness (QED) is 0.869. The van der Waals surface area contributed by atoms with Crippen molar-refractivity contribution in [2.45, 2.75) is 46.3 Å². The van der Waals surface area contributed by atoms with Gasteiger partial charge in [0.05, 0.1) is 12.3 Å². The molecule has 1 aromatic heterocycles. The molecule has 0 aromatic carbocycles. The Labute approximate surface area is 103 Å². The average Bonchev–Trinajstić information content (AvgIpc) is 2.77. The van der Waals surface area contributed by atoms with Crippen molar-refractivity contribution < 1.29 is 5.11 Å². The van der Waals surface area contributed by atoms with Crippen LogP contribution in [-0.4, -0.2) is 27.7 Å². The van der Waals surface area contributed by atoms with Crippen molar-refractivity contribution >= 4 is 5.95 Å². The Kier molecular flexibility index (Phi) is 3.62. The molecule has 4 nitrogen and oxygen atoms in total. The highest BCUT2D eigenvalue weighted by atomic mass is 16.3. The first kappa shape index (κ1) is 12.3. The zero-order valence-electron chi connectivity index (χ0n) is 10.8. The van der Waals surface area contributed by atoms with E-state index in [2.05, 4.69) is 28.7 Å². The summed E-state index contributed by atoms with van der Waals surface area (Å²) < 4.78 is 0. The van der Waals surface area contributed by atoms with Crippen LogP contribution < -0.4 is 4.90 Å². The van der Waals surface area contributed by atoms with Gasteiger partial charge in [0.1, 0.15) is 0 Å². The zero-order valence-corrected chi connectivity index (χ0v) is 10.8. The highest BCUT2D eigenvalue weighted by Crippen LogP contribution is 2.27. The van der Waals surface area contributed by atoms with Crippen LogP contribution in [0.2, 0.25) is 0 Å². The number of nitrogens with zero attached hydrogens (tertiary/aromatic N) is 3. The van der Waals surface area contributed by atoms with Crippen LogP contribution in [0.4, 0.5) is 5.95 Å². The van der Waals surface area contributed by atoms with Crippen molar-refractivity contribution in [2.75, 3.05) is 11.4 Å². The minimum Gasteiger partial charge on any atom is -0.390 e. The second-order valence-electron chi connectivity index (χ2n) is 5.11. The summed E-state index contributed by atoms with van der Waals surface area (Å²) in [7, 11) is 0. The summed E-state index contributed by atoms with van der Waals surface area (Å²) in [6, 6.07) is 2.37. The first-order chi connectivity index (χ1) is 8.11. The van der Waals surface area contributed by atoms with Gasteiger partial charge in [-0.2, -0.15) is 0 Å². The minimum absolute atomic E-state index is 0.0173. The zero-order chi connectivity index (χ0) is 12.4. The summed E-state index contributed by atoms with van der Waals surface area (Å²) in [6.45, 7) is 7.44. The molecule has 0 aliphatic carbocycles. The van der Waals surface area contributed by atoms with Crippen LogP contribution in [0.3, 0.4) is 0 Å². The molecule has 1 aromatic rings. The molecule has 1 atom stereocenters. The lowest BCUT2D eigenvalue weighted by molar-refractivity contribution is 0.276. The molecule has 1 fully saturated rings. The van der Waals surface area contributed by atoms with Gasteiger partial charge in [0, 0.05) is 18.3 Å². The lowest BCUT2D eigenvalue weighted by Gasteiger charge is -2.28. The average molecular weight is 235 g/mol. The predicted octanol–water partition coefficient (Wildman–Crippen LogP) is 1.90. The van der Waals surface area contributed by atoms with Gasteiger partial charge >= 0.3 is 0 Å². The Bertz CT molecular complexity index is 392. The molecule has 94 valence electrons. The fourth-order valence-corrected chi connectivity index (χ4v) is 2.56. The molecule has 0 bridgehead atoms. The number of hydrogen-bond acceptors (Lipinski definition) is 4. The smallest absolute Gasteiger partial charge is 0.226 e. The Morgan fingerprint density at radius 1 is 1.47 bits per heavy atom. The summed E-state index contributed by atoms with van der Waals surface area (Å²) in [5.41, 5.74) is 1.63. The van der Waals surface area contributed by atoms with E-state index in [4.69, 9.17) is 0 Å². The van der Waals surface area contributed by atoms with Crippen molar-refractivity contribution in [1.29, 1.82) is 0 Å². The van der Waals surface area contributed by atoms with Gasteiger partial charge < -0.3 is 10.0 Å². The summed E-state index contributed by atoms with van der Waals surface area (Å²) in [4.78, 5) is 11.2. The topological polar surface area (TPSA) is 49.3 Å². The van der Waals surface area contributed by atoms with E-state index >= 15 is 0 Å². The molecule has 2 rings (SSSR count). The molecule has 0 radical (unpaired) electrons. The molecule has 1 N–H and O–H groups in total. The van der Waals surface area contributed by atoms with Crippen molar-refractivity contribution in [3.8, 4) is 0 Å². The van der Waals surface area contributed by atoms with Gasteiger partial charge in [-0.15, -0.1) is 0 Å². The standard InChI is InChI=1S/C13H21N3O/c1-9(2)12-5-4-6-16(12)13-14-10(3)7-11(8-17)15-13/h7,9,12,17H,4-6,8H2,1-3H3. The second-order valence-corrected chi connectivity index (χ2v) is 5.11. The largest absolute Gasteiger partial charge is 0.390 e. The van der Waals surface area contributed by atoms with E-state index in [9.17, 15) is 5.11 Å². The van der Waals surface area contributed by atoms with Crippen LogP contribution in [0.1, 0.15) is 38.1 Å². The molecular formula is C13H21N3O. The fourth-order valence-electron chi connectivity index (χ4n) is 2.56. The van der Waals surface area contributed by atoms with Gasteiger partial charge in [0.2, 0.25) is 5.95 Å². The molecule has 0 saturated carbocycles. The second kappa shape index (κ2) is 5.00. The van der Waals surface area contributed by atoms with Crippen LogP contribution in [-0.2, 0) is 6.61 Å². The molecule has 1 aliphatic heterocycles. The monoisotopic (exact) mass is 235 g/mol. The van der Waals surface area contributed by atoms with Crippen LogP contribution in [0.15, 0.2) is 6.07 Å². The Morgan fingerprint density at radius 2 is 2.24 bits per heavy atom. The van der Waals surface area contributed by atoms with Crippen LogP contribution >= 0.6 is 0 Å². The molecule has 1 unspecified atom stereocenters. The van der Waals surface area contributed by atoms with Gasteiger partial charge in [0.15, 0.2) is 0 Å². The van der Waals surface area contributed by atoms with Gasteiger partial charge in [-0.1, -0.05) is 13.8 Å². The van der Waals surface area contributed by atoms with Gasteiger partial charge in [-0.05, 0) is 31.7 Å². The normalized spacial score (nSPS) is 20.3. The summed E-state index contributed by atoms with van der Waals surface area (Å²) >= 11 is 0. The fraction of sp³-hybridized carbons (Fsp3) is 0.692. The van der Waals surface area contributed by atoms with E-state index in [1.165, 1.54) is 12.8 Å². The molecule has 2 heterocycles. The first-order valence-corrected chi connectivity index (χ1v) is 6.34. The molecule has 4 heteroatoms. The van der Waals surface area contributed by atoms with Crippen LogP contribution in [0, 0.1) is 12.8 Å². The number of hydrogen-bond donors (Lipinski definition) is 1. The Balaban J connectivity index is 2.29. The third kappa shape index (κ3) is 2.57. The molecule has 1 aliphatic rings. The van der Waals surface area contributed by atoms with Crippen molar-refractivity contribution in [2.24, 2.45) is 5.92 Å². The van der Waals surface area contributed by atoms with Crippen LogP contribution in [0.25, 0.3) is 0 Å². The van der Waals surface area contributed by atoms with E-state index < -0.39 is 0 Å². The first-order valence-electron chi connectivity index (χ1n) is 6.34. The maximum atomic E-state index is 9.20. The SMILES string of the molecule is Cc1cc(CO)nc(N2CCCC2C(C)C)n1. The number of aliphatic hydroxyl groups excluding tert-OH is 1. The molecular weight excluding hydrogens is 214 g/mol. The van der Waals surface area contributed by atoms with Crippen molar-refractivity contribution in [3.63, 3.8) is 0 Å². The number of aromatic nitrogens is 2. The Morgan fingerprint density at radius 3 is 2.88 bits per heavy atom. The van der Waals surface area contributed by atoms with Gasteiger partial charge in [-0.3, -0.25) is 0 Å². The minimum atomic E-state index is -0.0173. The predicted molar refractivity (Wildman–Crippen MR) is 67.9 cm³/mol. The van der Waals surface area contributed by atoms with Crippen molar-refractivity contribution in [1.82, 2.24) is 9.97 Å². The van der Waals surface area contributed by atoms with Crippen LogP contribution in [0.5, 0.6) is 0 Å². The highest BCUT2D eigenvalue weighted by molar-refractivity contribution is 5.35. The molecule has 1 saturated heterocycles. The maximum absolute atomic E-state index is 9.20. The third-order valence-corrected chi connectivity index (χ3v) is 3.38. The number of rotatable bonds is 3. The van der Waals surface area contributed by atoms with Crippen molar-refractivity contribution in [3.05, 3.63) is 17.5 Å². The lowest BCUT2D eigenvalue weighted by Crippen LogP contribution is -2.34. The van der Waals surface area contributed by atoms with E-state index in [-0.39, 0.29) is 6.61 Å². The maximum Gasteiger partial charge on any atom is 0.226 e. The summed E-state index contributed by atoms with van der Waals surface area (Å²) in [5.74, 6) is 1.39. The highest BCUT2D eigenvalue weighted by Gasteiger charge is 2.29. The van der Waals surface area contributed by atoms with E-state index in [0.29, 0.717) is 17.7 Å². The molecule has 0 amide bonds. The summed E-state index contributed by atoms with van der Waals surface area (Å²) in [5, 5.41) is 9.20. The van der Waals surface area contributed by atoms with E-state index in [1.807, 2.05) is 13.0 Å². The molecule has 17 heavy (non-hydrogen) atoms. The Hall–Kier alpha value is -1.16. The number of aryl methyl sites for hydroxylation is 1. The number of aliphatic hydroxyl groups is 1.